The second-order valence-electron chi connectivity index (χ2n) is 5.22. The number of rotatable bonds is 6. The first-order valence-corrected chi connectivity index (χ1v) is 7.09. The molecule has 1 aliphatic rings. The van der Waals surface area contributed by atoms with Gasteiger partial charge in [0, 0.05) is 32.3 Å². The van der Waals surface area contributed by atoms with Gasteiger partial charge in [0.2, 0.25) is 0 Å². The molecule has 2 unspecified atom stereocenters. The van der Waals surface area contributed by atoms with Gasteiger partial charge in [0.1, 0.15) is 0 Å². The molecule has 0 spiro atoms. The molecule has 102 valence electrons. The third-order valence-electron chi connectivity index (χ3n) is 3.62. The molecule has 2 rings (SSSR count). The van der Waals surface area contributed by atoms with Crippen LogP contribution in [0.1, 0.15) is 31.9 Å². The third kappa shape index (κ3) is 3.82. The van der Waals surface area contributed by atoms with E-state index in [9.17, 15) is 0 Å². The number of nitrogens with zero attached hydrogens (tertiary/aromatic N) is 2. The molecule has 0 bridgehead atoms. The summed E-state index contributed by atoms with van der Waals surface area (Å²) in [7, 11) is 1.97. The van der Waals surface area contributed by atoms with E-state index in [-0.39, 0.29) is 0 Å². The van der Waals surface area contributed by atoms with Crippen LogP contribution in [-0.4, -0.2) is 35.6 Å². The number of hydrogen-bond acceptors (Lipinski definition) is 3. The van der Waals surface area contributed by atoms with E-state index in [1.54, 1.807) is 0 Å². The highest BCUT2D eigenvalue weighted by Gasteiger charge is 2.24. The van der Waals surface area contributed by atoms with Gasteiger partial charge in [0.15, 0.2) is 0 Å². The summed E-state index contributed by atoms with van der Waals surface area (Å²) in [5.74, 6) is 0.632. The Morgan fingerprint density at radius 1 is 1.61 bits per heavy atom. The Morgan fingerprint density at radius 3 is 3.11 bits per heavy atom. The molecule has 0 aromatic carbocycles. The highest BCUT2D eigenvalue weighted by molar-refractivity contribution is 5.02. The van der Waals surface area contributed by atoms with Crippen molar-refractivity contribution in [2.75, 3.05) is 19.8 Å². The zero-order valence-corrected chi connectivity index (χ0v) is 11.6. The van der Waals surface area contributed by atoms with Crippen LogP contribution in [0, 0.1) is 5.92 Å². The first kappa shape index (κ1) is 13.6. The van der Waals surface area contributed by atoms with Crippen LogP contribution in [0.4, 0.5) is 0 Å². The zero-order valence-electron chi connectivity index (χ0n) is 11.6. The van der Waals surface area contributed by atoms with Crippen molar-refractivity contribution < 1.29 is 4.74 Å². The van der Waals surface area contributed by atoms with Crippen molar-refractivity contribution in [2.24, 2.45) is 13.0 Å². The average Bonchev–Trinajstić information content (AvgIpc) is 2.81. The van der Waals surface area contributed by atoms with Crippen LogP contribution in [-0.2, 0) is 18.2 Å². The summed E-state index contributed by atoms with van der Waals surface area (Å²) < 4.78 is 7.50. The summed E-state index contributed by atoms with van der Waals surface area (Å²) in [6.07, 6.45) is 6.66. The Morgan fingerprint density at radius 2 is 2.50 bits per heavy atom. The lowest BCUT2D eigenvalue weighted by molar-refractivity contribution is 0.0392. The summed E-state index contributed by atoms with van der Waals surface area (Å²) in [5.41, 5.74) is 1.18. The monoisotopic (exact) mass is 251 g/mol. The molecule has 4 nitrogen and oxygen atoms in total. The Labute approximate surface area is 110 Å². The molecule has 0 amide bonds. The molecule has 1 aromatic heterocycles. The fraction of sp³-hybridized carbons (Fsp3) is 0.786. The van der Waals surface area contributed by atoms with E-state index >= 15 is 0 Å². The standard InChI is InChI=1S/C14H25N3O/c1-3-7-15-14(12-5-4-9-18-11-12)10-13-6-8-17(2)16-13/h6,8,12,14-15H,3-5,7,9-11H2,1-2H3. The molecule has 0 aliphatic carbocycles. The normalized spacial score (nSPS) is 22.0. The minimum absolute atomic E-state index is 0.500. The lowest BCUT2D eigenvalue weighted by Crippen LogP contribution is -2.42. The van der Waals surface area contributed by atoms with Gasteiger partial charge in [-0.2, -0.15) is 5.10 Å². The quantitative estimate of drug-likeness (QED) is 0.837. The van der Waals surface area contributed by atoms with E-state index in [1.807, 2.05) is 17.9 Å². The average molecular weight is 251 g/mol. The summed E-state index contributed by atoms with van der Waals surface area (Å²) in [6, 6.07) is 2.62. The smallest absolute Gasteiger partial charge is 0.0640 e. The molecule has 0 saturated carbocycles. The van der Waals surface area contributed by atoms with Crippen molar-refractivity contribution in [1.82, 2.24) is 15.1 Å². The largest absolute Gasteiger partial charge is 0.381 e. The van der Waals surface area contributed by atoms with E-state index in [0.29, 0.717) is 12.0 Å². The van der Waals surface area contributed by atoms with Crippen molar-refractivity contribution in [3.05, 3.63) is 18.0 Å². The lowest BCUT2D eigenvalue weighted by atomic mass is 9.90. The molecule has 1 fully saturated rings. The first-order valence-electron chi connectivity index (χ1n) is 7.09. The molecule has 1 saturated heterocycles. The number of aryl methyl sites for hydroxylation is 1. The molecule has 1 aromatic rings. The van der Waals surface area contributed by atoms with Crippen LogP contribution >= 0.6 is 0 Å². The van der Waals surface area contributed by atoms with Crippen molar-refractivity contribution in [3.63, 3.8) is 0 Å². The van der Waals surface area contributed by atoms with Crippen LogP contribution in [0.15, 0.2) is 12.3 Å². The van der Waals surface area contributed by atoms with Crippen LogP contribution in [0.3, 0.4) is 0 Å². The number of nitrogens with one attached hydrogen (secondary N) is 1. The van der Waals surface area contributed by atoms with E-state index in [4.69, 9.17) is 4.74 Å². The molecule has 18 heavy (non-hydrogen) atoms. The predicted octanol–water partition coefficient (Wildman–Crippen LogP) is 1.76. The molecule has 4 heteroatoms. The maximum absolute atomic E-state index is 5.62. The number of hydrogen-bond donors (Lipinski definition) is 1. The molecular weight excluding hydrogens is 226 g/mol. The Balaban J connectivity index is 1.94. The maximum Gasteiger partial charge on any atom is 0.0640 e. The van der Waals surface area contributed by atoms with E-state index < -0.39 is 0 Å². The highest BCUT2D eigenvalue weighted by Crippen LogP contribution is 2.20. The van der Waals surface area contributed by atoms with Gasteiger partial charge in [-0.25, -0.2) is 0 Å². The van der Waals surface area contributed by atoms with E-state index in [0.717, 1.165) is 26.2 Å². The van der Waals surface area contributed by atoms with Crippen molar-refractivity contribution >= 4 is 0 Å². The molecule has 1 N–H and O–H groups in total. The van der Waals surface area contributed by atoms with Gasteiger partial charge < -0.3 is 10.1 Å². The summed E-state index contributed by atoms with van der Waals surface area (Å²) >= 11 is 0. The summed E-state index contributed by atoms with van der Waals surface area (Å²) in [6.45, 7) is 5.12. The number of aromatic nitrogens is 2. The van der Waals surface area contributed by atoms with Gasteiger partial charge in [0.05, 0.1) is 12.3 Å². The fourth-order valence-corrected chi connectivity index (χ4v) is 2.62. The van der Waals surface area contributed by atoms with E-state index in [1.165, 1.54) is 25.0 Å². The fourth-order valence-electron chi connectivity index (χ4n) is 2.62. The highest BCUT2D eigenvalue weighted by atomic mass is 16.5. The van der Waals surface area contributed by atoms with Gasteiger partial charge in [-0.3, -0.25) is 4.68 Å². The second kappa shape index (κ2) is 6.90. The molecule has 0 radical (unpaired) electrons. The third-order valence-corrected chi connectivity index (χ3v) is 3.62. The van der Waals surface area contributed by atoms with Crippen LogP contribution in [0.5, 0.6) is 0 Å². The van der Waals surface area contributed by atoms with Gasteiger partial charge in [0.25, 0.3) is 0 Å². The van der Waals surface area contributed by atoms with Crippen molar-refractivity contribution in [1.29, 1.82) is 0 Å². The van der Waals surface area contributed by atoms with Crippen molar-refractivity contribution in [2.45, 2.75) is 38.6 Å². The van der Waals surface area contributed by atoms with Crippen LogP contribution in [0.2, 0.25) is 0 Å². The first-order chi connectivity index (χ1) is 8.79. The van der Waals surface area contributed by atoms with Crippen molar-refractivity contribution in [3.8, 4) is 0 Å². The molecule has 2 heterocycles. The minimum atomic E-state index is 0.500. The Hall–Kier alpha value is -0.870. The predicted molar refractivity (Wildman–Crippen MR) is 72.5 cm³/mol. The maximum atomic E-state index is 5.62. The van der Waals surface area contributed by atoms with E-state index in [2.05, 4.69) is 23.4 Å². The second-order valence-corrected chi connectivity index (χ2v) is 5.22. The Bertz CT molecular complexity index is 345. The summed E-state index contributed by atoms with van der Waals surface area (Å²) in [4.78, 5) is 0. The van der Waals surface area contributed by atoms with Gasteiger partial charge in [-0.15, -0.1) is 0 Å². The molecule has 2 atom stereocenters. The molecule has 1 aliphatic heterocycles. The minimum Gasteiger partial charge on any atom is -0.381 e. The van der Waals surface area contributed by atoms with Crippen LogP contribution < -0.4 is 5.32 Å². The SMILES string of the molecule is CCCNC(Cc1ccn(C)n1)C1CCCOC1. The topological polar surface area (TPSA) is 39.1 Å². The molecular formula is C14H25N3O. The number of ether oxygens (including phenoxy) is 1. The van der Waals surface area contributed by atoms with Gasteiger partial charge >= 0.3 is 0 Å². The lowest BCUT2D eigenvalue weighted by Gasteiger charge is -2.30. The van der Waals surface area contributed by atoms with Crippen LogP contribution in [0.25, 0.3) is 0 Å². The Kier molecular flexibility index (Phi) is 5.20. The zero-order chi connectivity index (χ0) is 12.8. The van der Waals surface area contributed by atoms with Gasteiger partial charge in [-0.1, -0.05) is 6.92 Å². The summed E-state index contributed by atoms with van der Waals surface area (Å²) in [5, 5.41) is 8.16. The van der Waals surface area contributed by atoms with Gasteiger partial charge in [-0.05, 0) is 37.8 Å².